The highest BCUT2D eigenvalue weighted by Crippen LogP contribution is 2.34. The van der Waals surface area contributed by atoms with Gasteiger partial charge in [-0.25, -0.2) is 0 Å². The summed E-state index contributed by atoms with van der Waals surface area (Å²) >= 11 is 0. The van der Waals surface area contributed by atoms with Gasteiger partial charge in [0.05, 0.1) is 12.3 Å². The van der Waals surface area contributed by atoms with Crippen LogP contribution in [0.25, 0.3) is 0 Å². The molecular weight excluding hydrogens is 312 g/mol. The Kier molecular flexibility index (Phi) is 5.56. The Morgan fingerprint density at radius 3 is 2.71 bits per heavy atom. The van der Waals surface area contributed by atoms with E-state index in [1.807, 2.05) is 0 Å². The zero-order chi connectivity index (χ0) is 17.9. The highest BCUT2D eigenvalue weighted by atomic mass is 16.5. The molecule has 1 aromatic carbocycles. The van der Waals surface area contributed by atoms with Crippen LogP contribution in [0, 0.1) is 0 Å². The molecule has 0 bridgehead atoms. The number of carbonyl (C=O) groups excluding carboxylic acids is 3. The number of rotatable bonds is 6. The van der Waals surface area contributed by atoms with Crippen molar-refractivity contribution in [1.29, 1.82) is 0 Å². The van der Waals surface area contributed by atoms with Gasteiger partial charge in [0.2, 0.25) is 5.91 Å². The molecule has 0 aromatic heterocycles. The molecule has 1 aromatic rings. The third-order valence-electron chi connectivity index (χ3n) is 4.05. The number of Topliss-reactive ketones (excluding diaryl/α,β-unsaturated/α-hetero) is 1. The van der Waals surface area contributed by atoms with E-state index in [0.29, 0.717) is 17.0 Å². The number of ketones is 1. The second-order valence-corrected chi connectivity index (χ2v) is 5.80. The maximum absolute atomic E-state index is 12.3. The Morgan fingerprint density at radius 1 is 1.33 bits per heavy atom. The Labute approximate surface area is 140 Å². The number of hydrogen-bond donors (Lipinski definition) is 1. The fourth-order valence-electron chi connectivity index (χ4n) is 2.52. The number of benzene rings is 1. The lowest BCUT2D eigenvalue weighted by molar-refractivity contribution is -0.130. The molecule has 7 nitrogen and oxygen atoms in total. The quantitative estimate of drug-likeness (QED) is 0.779. The highest BCUT2D eigenvalue weighted by molar-refractivity contribution is 6.03. The van der Waals surface area contributed by atoms with Crippen LogP contribution in [0.3, 0.4) is 0 Å². The van der Waals surface area contributed by atoms with Crippen molar-refractivity contribution in [2.24, 2.45) is 0 Å². The maximum atomic E-state index is 12.3. The van der Waals surface area contributed by atoms with Crippen LogP contribution in [0.2, 0.25) is 0 Å². The number of carbonyl (C=O) groups is 3. The molecule has 1 aliphatic rings. The summed E-state index contributed by atoms with van der Waals surface area (Å²) < 4.78 is 5.52. The summed E-state index contributed by atoms with van der Waals surface area (Å²) in [6, 6.07) is 4.92. The number of aliphatic hydroxyl groups excluding tert-OH is 1. The van der Waals surface area contributed by atoms with Crippen molar-refractivity contribution in [3.63, 3.8) is 0 Å². The summed E-state index contributed by atoms with van der Waals surface area (Å²) in [5, 5.41) is 8.81. The first-order valence-corrected chi connectivity index (χ1v) is 7.81. The van der Waals surface area contributed by atoms with Gasteiger partial charge >= 0.3 is 0 Å². The third-order valence-corrected chi connectivity index (χ3v) is 4.05. The van der Waals surface area contributed by atoms with Crippen LogP contribution in [0.5, 0.6) is 5.75 Å². The number of aliphatic hydroxyl groups is 1. The second kappa shape index (κ2) is 7.44. The van der Waals surface area contributed by atoms with Gasteiger partial charge in [0.25, 0.3) is 5.91 Å². The van der Waals surface area contributed by atoms with E-state index < -0.39 is 6.10 Å². The smallest absolute Gasteiger partial charge is 0.267 e. The summed E-state index contributed by atoms with van der Waals surface area (Å²) in [6.45, 7) is 1.81. The van der Waals surface area contributed by atoms with Crippen LogP contribution < -0.4 is 9.64 Å². The fourth-order valence-corrected chi connectivity index (χ4v) is 2.52. The molecule has 0 saturated heterocycles. The maximum Gasteiger partial charge on any atom is 0.267 e. The highest BCUT2D eigenvalue weighted by Gasteiger charge is 2.29. The molecule has 7 heteroatoms. The Morgan fingerprint density at radius 2 is 2.04 bits per heavy atom. The van der Waals surface area contributed by atoms with Crippen molar-refractivity contribution in [2.75, 3.05) is 32.1 Å². The molecule has 1 aliphatic heterocycles. The van der Waals surface area contributed by atoms with E-state index in [9.17, 15) is 14.4 Å². The van der Waals surface area contributed by atoms with Crippen molar-refractivity contribution in [3.05, 3.63) is 23.8 Å². The first-order chi connectivity index (χ1) is 11.3. The van der Waals surface area contributed by atoms with Gasteiger partial charge in [0, 0.05) is 39.0 Å². The minimum absolute atomic E-state index is 0.0717. The topological polar surface area (TPSA) is 87.2 Å². The average molecular weight is 334 g/mol. The standard InChI is InChI=1S/C17H22N2O5/c1-11-17(23)19(3)13-10-12(4-6-15(13)24-11)14(21)5-7-16(22)18(2)8-9-20/h4,6,10-11,20H,5,7-9H2,1-3H3. The van der Waals surface area contributed by atoms with Gasteiger partial charge in [0.15, 0.2) is 11.9 Å². The summed E-state index contributed by atoms with van der Waals surface area (Å²) in [7, 11) is 3.23. The molecule has 0 fully saturated rings. The monoisotopic (exact) mass is 334 g/mol. The molecule has 1 atom stereocenters. The lowest BCUT2D eigenvalue weighted by Gasteiger charge is -2.30. The van der Waals surface area contributed by atoms with Gasteiger partial charge in [0.1, 0.15) is 5.75 Å². The number of likely N-dealkylation sites (N-methyl/N-ethyl adjacent to an activating group) is 2. The third kappa shape index (κ3) is 3.73. The van der Waals surface area contributed by atoms with Gasteiger partial charge in [-0.2, -0.15) is 0 Å². The minimum Gasteiger partial charge on any atom is -0.479 e. The van der Waals surface area contributed by atoms with E-state index in [2.05, 4.69) is 0 Å². The summed E-state index contributed by atoms with van der Waals surface area (Å²) in [6.07, 6.45) is -0.402. The predicted octanol–water partition coefficient (Wildman–Crippen LogP) is 0.844. The van der Waals surface area contributed by atoms with Crippen molar-refractivity contribution in [3.8, 4) is 5.75 Å². The van der Waals surface area contributed by atoms with E-state index in [1.54, 1.807) is 39.2 Å². The normalized spacial score (nSPS) is 16.4. The zero-order valence-electron chi connectivity index (χ0n) is 14.1. The van der Waals surface area contributed by atoms with Gasteiger partial charge < -0.3 is 19.6 Å². The van der Waals surface area contributed by atoms with Gasteiger partial charge in [-0.05, 0) is 25.1 Å². The number of anilines is 1. The molecule has 1 N–H and O–H groups in total. The van der Waals surface area contributed by atoms with E-state index in [4.69, 9.17) is 9.84 Å². The van der Waals surface area contributed by atoms with Crippen molar-refractivity contribution < 1.29 is 24.2 Å². The second-order valence-electron chi connectivity index (χ2n) is 5.80. The van der Waals surface area contributed by atoms with Crippen LogP contribution in [0.1, 0.15) is 30.1 Å². The average Bonchev–Trinajstić information content (AvgIpc) is 2.57. The zero-order valence-corrected chi connectivity index (χ0v) is 14.1. The molecule has 0 saturated carbocycles. The molecular formula is C17H22N2O5. The minimum atomic E-state index is -0.552. The van der Waals surface area contributed by atoms with Crippen LogP contribution >= 0.6 is 0 Å². The molecule has 1 heterocycles. The van der Waals surface area contributed by atoms with Crippen LogP contribution in [0.15, 0.2) is 18.2 Å². The van der Waals surface area contributed by atoms with E-state index in [0.717, 1.165) is 0 Å². The lowest BCUT2D eigenvalue weighted by atomic mass is 10.0. The molecule has 2 amide bonds. The summed E-state index contributed by atoms with van der Waals surface area (Å²) in [4.78, 5) is 39.0. The Balaban J connectivity index is 2.06. The molecule has 0 radical (unpaired) electrons. The number of hydrogen-bond acceptors (Lipinski definition) is 5. The van der Waals surface area contributed by atoms with Crippen LogP contribution in [0.4, 0.5) is 5.69 Å². The molecule has 0 aliphatic carbocycles. The number of nitrogens with zero attached hydrogens (tertiary/aromatic N) is 2. The number of fused-ring (bicyclic) bond motifs is 1. The first-order valence-electron chi connectivity index (χ1n) is 7.81. The van der Waals surface area contributed by atoms with Gasteiger partial charge in [-0.1, -0.05) is 0 Å². The first kappa shape index (κ1) is 17.9. The Hall–Kier alpha value is -2.41. The fraction of sp³-hybridized carbons (Fsp3) is 0.471. The molecule has 0 spiro atoms. The van der Waals surface area contributed by atoms with E-state index >= 15 is 0 Å². The van der Waals surface area contributed by atoms with Gasteiger partial charge in [-0.15, -0.1) is 0 Å². The number of amides is 2. The van der Waals surface area contributed by atoms with E-state index in [-0.39, 0.29) is 43.6 Å². The van der Waals surface area contributed by atoms with Crippen molar-refractivity contribution >= 4 is 23.3 Å². The SMILES string of the molecule is CC1Oc2ccc(C(=O)CCC(=O)N(C)CCO)cc2N(C)C1=O. The van der Waals surface area contributed by atoms with Crippen molar-refractivity contribution in [1.82, 2.24) is 4.90 Å². The molecule has 1 unspecified atom stereocenters. The Bertz CT molecular complexity index is 658. The van der Waals surface area contributed by atoms with Gasteiger partial charge in [-0.3, -0.25) is 14.4 Å². The molecule has 130 valence electrons. The van der Waals surface area contributed by atoms with Crippen LogP contribution in [-0.4, -0.2) is 61.0 Å². The van der Waals surface area contributed by atoms with E-state index in [1.165, 1.54) is 9.80 Å². The lowest BCUT2D eigenvalue weighted by Crippen LogP contribution is -2.42. The number of ether oxygens (including phenoxy) is 1. The predicted molar refractivity (Wildman–Crippen MR) is 88.2 cm³/mol. The largest absolute Gasteiger partial charge is 0.479 e. The van der Waals surface area contributed by atoms with Crippen molar-refractivity contribution in [2.45, 2.75) is 25.9 Å². The summed E-state index contributed by atoms with van der Waals surface area (Å²) in [5.74, 6) is 0.00986. The van der Waals surface area contributed by atoms with Crippen LogP contribution in [-0.2, 0) is 9.59 Å². The molecule has 2 rings (SSSR count). The molecule has 24 heavy (non-hydrogen) atoms. The summed E-state index contributed by atoms with van der Waals surface area (Å²) in [5.41, 5.74) is 0.983.